The molecular weight excluding hydrogens is 268 g/mol. The standard InChI is InChI=1S/C12H18N2S3/c1-2-6-9(5-1)15-11-13-14-12(17-11)16-10-7-3-4-8-10/h9-10H,1-8H2. The second-order valence-electron chi connectivity index (χ2n) is 4.88. The SMILES string of the molecule is C1CCC(Sc2nnc(SC3CCCC3)s2)C1. The van der Waals surface area contributed by atoms with Gasteiger partial charge in [-0.1, -0.05) is 60.5 Å². The van der Waals surface area contributed by atoms with Crippen LogP contribution in [0.4, 0.5) is 0 Å². The number of aromatic nitrogens is 2. The summed E-state index contributed by atoms with van der Waals surface area (Å²) in [5.41, 5.74) is 0. The van der Waals surface area contributed by atoms with Crippen LogP contribution in [0, 0.1) is 0 Å². The van der Waals surface area contributed by atoms with Crippen LogP contribution in [0.2, 0.25) is 0 Å². The first-order valence-corrected chi connectivity index (χ1v) is 9.14. The van der Waals surface area contributed by atoms with Crippen LogP contribution < -0.4 is 0 Å². The topological polar surface area (TPSA) is 25.8 Å². The summed E-state index contributed by atoms with van der Waals surface area (Å²) in [5, 5.41) is 10.3. The van der Waals surface area contributed by atoms with Gasteiger partial charge in [-0.05, 0) is 25.7 Å². The number of hydrogen-bond donors (Lipinski definition) is 0. The maximum absolute atomic E-state index is 4.33. The largest absolute Gasteiger partial charge is 0.175 e. The lowest BCUT2D eigenvalue weighted by atomic mass is 10.4. The Bertz CT molecular complexity index is 322. The highest BCUT2D eigenvalue weighted by molar-refractivity contribution is 8.03. The Kier molecular flexibility index (Phi) is 4.29. The van der Waals surface area contributed by atoms with Crippen LogP contribution in [0.15, 0.2) is 8.68 Å². The second kappa shape index (κ2) is 5.93. The maximum atomic E-state index is 4.33. The molecule has 0 spiro atoms. The maximum Gasteiger partial charge on any atom is 0.175 e. The molecule has 0 unspecified atom stereocenters. The highest BCUT2D eigenvalue weighted by atomic mass is 32.2. The van der Waals surface area contributed by atoms with E-state index in [4.69, 9.17) is 0 Å². The molecule has 0 radical (unpaired) electrons. The molecule has 2 fully saturated rings. The summed E-state index contributed by atoms with van der Waals surface area (Å²) in [4.78, 5) is 0. The van der Waals surface area contributed by atoms with E-state index in [0.717, 1.165) is 10.5 Å². The molecule has 0 amide bonds. The number of nitrogens with zero attached hydrogens (tertiary/aromatic N) is 2. The van der Waals surface area contributed by atoms with Gasteiger partial charge in [0.05, 0.1) is 0 Å². The molecule has 0 atom stereocenters. The first-order chi connectivity index (χ1) is 8.40. The fraction of sp³-hybridized carbons (Fsp3) is 0.833. The van der Waals surface area contributed by atoms with Crippen molar-refractivity contribution in [1.29, 1.82) is 0 Å². The normalized spacial score (nSPS) is 22.6. The lowest BCUT2D eigenvalue weighted by molar-refractivity contribution is 0.886. The van der Waals surface area contributed by atoms with Crippen molar-refractivity contribution in [2.45, 2.75) is 70.5 Å². The minimum atomic E-state index is 0.812. The van der Waals surface area contributed by atoms with Crippen LogP contribution in [0.3, 0.4) is 0 Å². The highest BCUT2D eigenvalue weighted by Gasteiger charge is 2.21. The predicted octanol–water partition coefficient (Wildman–Crippen LogP) is 4.61. The first kappa shape index (κ1) is 12.3. The molecule has 1 aromatic rings. The van der Waals surface area contributed by atoms with Crippen molar-refractivity contribution < 1.29 is 0 Å². The lowest BCUT2D eigenvalue weighted by Gasteiger charge is -2.04. The molecule has 94 valence electrons. The van der Waals surface area contributed by atoms with E-state index in [1.807, 2.05) is 34.9 Å². The molecule has 0 N–H and O–H groups in total. The van der Waals surface area contributed by atoms with Crippen LogP contribution in [-0.4, -0.2) is 20.7 Å². The summed E-state index contributed by atoms with van der Waals surface area (Å²) < 4.78 is 2.38. The van der Waals surface area contributed by atoms with Gasteiger partial charge < -0.3 is 0 Å². The van der Waals surface area contributed by atoms with Gasteiger partial charge in [-0.2, -0.15) is 0 Å². The Morgan fingerprint density at radius 1 is 0.765 bits per heavy atom. The van der Waals surface area contributed by atoms with E-state index < -0.39 is 0 Å². The molecule has 2 nitrogen and oxygen atoms in total. The van der Waals surface area contributed by atoms with Gasteiger partial charge in [-0.3, -0.25) is 0 Å². The van der Waals surface area contributed by atoms with Crippen LogP contribution in [-0.2, 0) is 0 Å². The zero-order valence-corrected chi connectivity index (χ0v) is 12.4. The molecular formula is C12H18N2S3. The molecule has 0 aliphatic heterocycles. The van der Waals surface area contributed by atoms with Crippen molar-refractivity contribution in [2.75, 3.05) is 0 Å². The minimum Gasteiger partial charge on any atom is -0.131 e. The summed E-state index contributed by atoms with van der Waals surface area (Å²) in [6, 6.07) is 0. The fourth-order valence-corrected chi connectivity index (χ4v) is 6.62. The molecule has 0 aromatic carbocycles. The summed E-state index contributed by atoms with van der Waals surface area (Å²) in [5.74, 6) is 0. The molecule has 17 heavy (non-hydrogen) atoms. The molecule has 1 heterocycles. The van der Waals surface area contributed by atoms with Gasteiger partial charge in [0.25, 0.3) is 0 Å². The van der Waals surface area contributed by atoms with Gasteiger partial charge in [0.15, 0.2) is 8.68 Å². The Hall–Kier alpha value is 0.260. The molecule has 0 bridgehead atoms. The average Bonchev–Trinajstić information content (AvgIpc) is 3.02. The lowest BCUT2D eigenvalue weighted by Crippen LogP contribution is -1.92. The highest BCUT2D eigenvalue weighted by Crippen LogP contribution is 2.40. The van der Waals surface area contributed by atoms with Gasteiger partial charge >= 0.3 is 0 Å². The van der Waals surface area contributed by atoms with E-state index in [-0.39, 0.29) is 0 Å². The van der Waals surface area contributed by atoms with Crippen LogP contribution in [0.5, 0.6) is 0 Å². The third-order valence-corrected chi connectivity index (χ3v) is 7.29. The predicted molar refractivity (Wildman–Crippen MR) is 76.1 cm³/mol. The molecule has 1 aromatic heterocycles. The monoisotopic (exact) mass is 286 g/mol. The third-order valence-electron chi connectivity index (χ3n) is 3.53. The Labute approximate surface area is 115 Å². The van der Waals surface area contributed by atoms with Crippen LogP contribution in [0.1, 0.15) is 51.4 Å². The van der Waals surface area contributed by atoms with E-state index >= 15 is 0 Å². The van der Waals surface area contributed by atoms with Gasteiger partial charge in [-0.15, -0.1) is 10.2 Å². The zero-order chi connectivity index (χ0) is 11.5. The van der Waals surface area contributed by atoms with Crippen LogP contribution in [0.25, 0.3) is 0 Å². The average molecular weight is 286 g/mol. The Balaban J connectivity index is 1.54. The summed E-state index contributed by atoms with van der Waals surface area (Å²) >= 11 is 5.73. The van der Waals surface area contributed by atoms with Gasteiger partial charge in [0.2, 0.25) is 0 Å². The van der Waals surface area contributed by atoms with E-state index in [1.54, 1.807) is 0 Å². The van der Waals surface area contributed by atoms with Crippen molar-refractivity contribution in [2.24, 2.45) is 0 Å². The van der Waals surface area contributed by atoms with E-state index in [1.165, 1.54) is 60.0 Å². The number of hydrogen-bond acceptors (Lipinski definition) is 5. The Morgan fingerprint density at radius 3 is 1.59 bits per heavy atom. The number of thioether (sulfide) groups is 2. The van der Waals surface area contributed by atoms with Crippen molar-refractivity contribution in [3.8, 4) is 0 Å². The van der Waals surface area contributed by atoms with Crippen molar-refractivity contribution in [3.63, 3.8) is 0 Å². The van der Waals surface area contributed by atoms with Crippen molar-refractivity contribution >= 4 is 34.9 Å². The van der Waals surface area contributed by atoms with E-state index in [2.05, 4.69) is 10.2 Å². The first-order valence-electron chi connectivity index (χ1n) is 6.57. The van der Waals surface area contributed by atoms with Crippen molar-refractivity contribution in [1.82, 2.24) is 10.2 Å². The minimum absolute atomic E-state index is 0.812. The van der Waals surface area contributed by atoms with Gasteiger partial charge in [0, 0.05) is 10.5 Å². The molecule has 0 saturated heterocycles. The summed E-state index contributed by atoms with van der Waals surface area (Å²) in [6.45, 7) is 0. The quantitative estimate of drug-likeness (QED) is 0.807. The molecule has 3 rings (SSSR count). The summed E-state index contributed by atoms with van der Waals surface area (Å²) in [6.07, 6.45) is 11.1. The fourth-order valence-electron chi connectivity index (χ4n) is 2.59. The number of rotatable bonds is 4. The zero-order valence-electron chi connectivity index (χ0n) is 9.93. The molecule has 2 aliphatic rings. The van der Waals surface area contributed by atoms with Crippen molar-refractivity contribution in [3.05, 3.63) is 0 Å². The van der Waals surface area contributed by atoms with Gasteiger partial charge in [0.1, 0.15) is 0 Å². The van der Waals surface area contributed by atoms with E-state index in [9.17, 15) is 0 Å². The van der Waals surface area contributed by atoms with E-state index in [0.29, 0.717) is 0 Å². The van der Waals surface area contributed by atoms with Crippen LogP contribution >= 0.6 is 34.9 Å². The summed E-state index contributed by atoms with van der Waals surface area (Å²) in [7, 11) is 0. The van der Waals surface area contributed by atoms with Gasteiger partial charge in [-0.25, -0.2) is 0 Å². The second-order valence-corrected chi connectivity index (χ2v) is 8.96. The Morgan fingerprint density at radius 2 is 1.18 bits per heavy atom. The molecule has 5 heteroatoms. The third kappa shape index (κ3) is 3.38. The molecule has 2 aliphatic carbocycles. The smallest absolute Gasteiger partial charge is 0.131 e. The molecule has 2 saturated carbocycles.